The summed E-state index contributed by atoms with van der Waals surface area (Å²) in [6, 6.07) is 3.57. The Morgan fingerprint density at radius 2 is 2.13 bits per heavy atom. The number of fused-ring (bicyclic) bond motifs is 1. The largest absolute Gasteiger partial charge is 0.371 e. The van der Waals surface area contributed by atoms with Crippen molar-refractivity contribution in [1.29, 1.82) is 0 Å². The van der Waals surface area contributed by atoms with E-state index in [1.807, 2.05) is 13.8 Å². The molecule has 0 saturated carbocycles. The first-order valence-electron chi connectivity index (χ1n) is 4.84. The van der Waals surface area contributed by atoms with Gasteiger partial charge in [0.05, 0.1) is 5.39 Å². The maximum absolute atomic E-state index is 11.2. The summed E-state index contributed by atoms with van der Waals surface area (Å²) < 4.78 is 0. The lowest BCUT2D eigenvalue weighted by Gasteiger charge is -2.01. The lowest BCUT2D eigenvalue weighted by Crippen LogP contribution is -2.11. The molecule has 0 fully saturated rings. The number of aromatic nitrogens is 3. The van der Waals surface area contributed by atoms with Gasteiger partial charge in [0.15, 0.2) is 5.82 Å². The van der Waals surface area contributed by atoms with Gasteiger partial charge in [0.25, 0.3) is 5.56 Å². The third-order valence-electron chi connectivity index (χ3n) is 1.78. The zero-order valence-corrected chi connectivity index (χ0v) is 9.03. The molecule has 15 heavy (non-hydrogen) atoms. The zero-order chi connectivity index (χ0) is 11.3. The molecule has 0 aromatic carbocycles. The van der Waals surface area contributed by atoms with Crippen molar-refractivity contribution in [2.75, 3.05) is 12.4 Å². The van der Waals surface area contributed by atoms with Gasteiger partial charge in [-0.05, 0) is 12.1 Å². The summed E-state index contributed by atoms with van der Waals surface area (Å²) >= 11 is 0. The molecule has 2 aromatic rings. The third-order valence-corrected chi connectivity index (χ3v) is 1.78. The van der Waals surface area contributed by atoms with E-state index in [-0.39, 0.29) is 5.56 Å². The standard InChI is InChI=1S/C8H8N4O.C2H6/c1-9-7-5-3-2-4-10-6(5)8(13)12-11-7;1-2/h2-4H,1H3,(H,9,11)(H,12,13);1-2H3. The third kappa shape index (κ3) is 2.12. The Bertz CT molecular complexity index is 492. The number of nitrogens with one attached hydrogen (secondary N) is 2. The smallest absolute Gasteiger partial charge is 0.290 e. The minimum atomic E-state index is -0.269. The highest BCUT2D eigenvalue weighted by Crippen LogP contribution is 2.13. The summed E-state index contributed by atoms with van der Waals surface area (Å²) in [5, 5.41) is 9.81. The Hall–Kier alpha value is -1.91. The number of hydrogen-bond donors (Lipinski definition) is 2. The second kappa shape index (κ2) is 5.09. The summed E-state index contributed by atoms with van der Waals surface area (Å²) in [7, 11) is 1.74. The molecule has 0 atom stereocenters. The minimum Gasteiger partial charge on any atom is -0.371 e. The van der Waals surface area contributed by atoms with Crippen LogP contribution in [0.5, 0.6) is 0 Å². The first-order valence-corrected chi connectivity index (χ1v) is 4.84. The summed E-state index contributed by atoms with van der Waals surface area (Å²) in [6.07, 6.45) is 1.58. The van der Waals surface area contributed by atoms with Crippen molar-refractivity contribution < 1.29 is 0 Å². The van der Waals surface area contributed by atoms with E-state index in [1.165, 1.54) is 0 Å². The number of pyridine rings is 1. The number of hydrogen-bond acceptors (Lipinski definition) is 4. The van der Waals surface area contributed by atoms with Crippen LogP contribution in [0.15, 0.2) is 23.1 Å². The van der Waals surface area contributed by atoms with Crippen LogP contribution in [0, 0.1) is 0 Å². The van der Waals surface area contributed by atoms with Crippen LogP contribution < -0.4 is 10.9 Å². The topological polar surface area (TPSA) is 70.7 Å². The molecule has 0 amide bonds. The van der Waals surface area contributed by atoms with Crippen LogP contribution in [0.1, 0.15) is 13.8 Å². The predicted molar refractivity (Wildman–Crippen MR) is 61.1 cm³/mol. The van der Waals surface area contributed by atoms with E-state index in [0.29, 0.717) is 11.3 Å². The first kappa shape index (κ1) is 11.2. The van der Waals surface area contributed by atoms with E-state index in [0.717, 1.165) is 5.39 Å². The second-order valence-electron chi connectivity index (χ2n) is 2.55. The number of aromatic amines is 1. The van der Waals surface area contributed by atoms with E-state index >= 15 is 0 Å². The van der Waals surface area contributed by atoms with Crippen molar-refractivity contribution in [3.63, 3.8) is 0 Å². The van der Waals surface area contributed by atoms with Crippen LogP contribution in [0.3, 0.4) is 0 Å². The van der Waals surface area contributed by atoms with Gasteiger partial charge < -0.3 is 5.32 Å². The summed E-state index contributed by atoms with van der Waals surface area (Å²) in [6.45, 7) is 4.00. The number of anilines is 1. The van der Waals surface area contributed by atoms with Gasteiger partial charge in [-0.1, -0.05) is 13.8 Å². The Kier molecular flexibility index (Phi) is 3.79. The minimum absolute atomic E-state index is 0.269. The van der Waals surface area contributed by atoms with Crippen LogP contribution >= 0.6 is 0 Å². The average molecular weight is 206 g/mol. The second-order valence-corrected chi connectivity index (χ2v) is 2.55. The van der Waals surface area contributed by atoms with Gasteiger partial charge in [-0.25, -0.2) is 5.10 Å². The van der Waals surface area contributed by atoms with Crippen molar-refractivity contribution in [2.24, 2.45) is 0 Å². The van der Waals surface area contributed by atoms with Crippen molar-refractivity contribution in [3.05, 3.63) is 28.7 Å². The Labute approximate surface area is 87.6 Å². The lowest BCUT2D eigenvalue weighted by molar-refractivity contribution is 1.00. The van der Waals surface area contributed by atoms with E-state index in [9.17, 15) is 4.79 Å². The van der Waals surface area contributed by atoms with Gasteiger partial charge in [0, 0.05) is 13.2 Å². The molecule has 80 valence electrons. The van der Waals surface area contributed by atoms with Crippen LogP contribution in [0.2, 0.25) is 0 Å². The Balaban J connectivity index is 0.000000531. The number of nitrogens with zero attached hydrogens (tertiary/aromatic N) is 2. The van der Waals surface area contributed by atoms with Gasteiger partial charge in [-0.2, -0.15) is 5.10 Å². The van der Waals surface area contributed by atoms with Gasteiger partial charge in [-0.3, -0.25) is 9.78 Å². The molecular formula is C10H14N4O. The fourth-order valence-corrected chi connectivity index (χ4v) is 1.19. The normalized spacial score (nSPS) is 9.27. The van der Waals surface area contributed by atoms with E-state index in [4.69, 9.17) is 0 Å². The molecular weight excluding hydrogens is 192 g/mol. The fourth-order valence-electron chi connectivity index (χ4n) is 1.19. The van der Waals surface area contributed by atoms with Crippen LogP contribution in [-0.2, 0) is 0 Å². The lowest BCUT2D eigenvalue weighted by atomic mass is 10.3. The average Bonchev–Trinajstić information content (AvgIpc) is 2.33. The zero-order valence-electron chi connectivity index (χ0n) is 9.03. The molecule has 2 heterocycles. The maximum atomic E-state index is 11.2. The molecule has 0 bridgehead atoms. The highest BCUT2D eigenvalue weighted by atomic mass is 16.1. The van der Waals surface area contributed by atoms with Crippen molar-refractivity contribution in [2.45, 2.75) is 13.8 Å². The highest BCUT2D eigenvalue weighted by Gasteiger charge is 2.03. The molecule has 0 radical (unpaired) electrons. The van der Waals surface area contributed by atoms with Crippen molar-refractivity contribution in [3.8, 4) is 0 Å². The monoisotopic (exact) mass is 206 g/mol. The highest BCUT2D eigenvalue weighted by molar-refractivity contribution is 5.87. The van der Waals surface area contributed by atoms with Crippen LogP contribution in [0.25, 0.3) is 10.9 Å². The SMILES string of the molecule is CC.CNc1n[nH]c(=O)c2ncccc12. The van der Waals surface area contributed by atoms with Gasteiger partial charge in [-0.15, -0.1) is 0 Å². The Morgan fingerprint density at radius 3 is 2.80 bits per heavy atom. The maximum Gasteiger partial charge on any atom is 0.290 e. The predicted octanol–water partition coefficient (Wildman–Crippen LogP) is 1.39. The van der Waals surface area contributed by atoms with Crippen molar-refractivity contribution >= 4 is 16.7 Å². The fraction of sp³-hybridized carbons (Fsp3) is 0.300. The number of H-pyrrole nitrogens is 1. The summed E-state index contributed by atoms with van der Waals surface area (Å²) in [5.41, 5.74) is 0.136. The van der Waals surface area contributed by atoms with Gasteiger partial charge >= 0.3 is 0 Å². The van der Waals surface area contributed by atoms with Gasteiger partial charge in [0.2, 0.25) is 0 Å². The summed E-state index contributed by atoms with van der Waals surface area (Å²) in [5.74, 6) is 0.628. The van der Waals surface area contributed by atoms with E-state index in [1.54, 1.807) is 25.4 Å². The van der Waals surface area contributed by atoms with Crippen LogP contribution in [0.4, 0.5) is 5.82 Å². The molecule has 0 aliphatic rings. The van der Waals surface area contributed by atoms with Crippen molar-refractivity contribution in [1.82, 2.24) is 15.2 Å². The summed E-state index contributed by atoms with van der Waals surface area (Å²) in [4.78, 5) is 15.2. The molecule has 2 aromatic heterocycles. The molecule has 2 N–H and O–H groups in total. The molecule has 0 spiro atoms. The number of rotatable bonds is 1. The van der Waals surface area contributed by atoms with Crippen LogP contribution in [-0.4, -0.2) is 22.2 Å². The van der Waals surface area contributed by atoms with E-state index in [2.05, 4.69) is 20.5 Å². The van der Waals surface area contributed by atoms with Gasteiger partial charge in [0.1, 0.15) is 5.52 Å². The van der Waals surface area contributed by atoms with E-state index < -0.39 is 0 Å². The Morgan fingerprint density at radius 1 is 1.40 bits per heavy atom. The molecule has 0 unspecified atom stereocenters. The molecule has 2 rings (SSSR count). The quantitative estimate of drug-likeness (QED) is 0.739. The molecule has 5 nitrogen and oxygen atoms in total. The molecule has 5 heteroatoms. The molecule has 0 aliphatic heterocycles. The molecule has 0 aliphatic carbocycles. The molecule has 0 saturated heterocycles. The first-order chi connectivity index (χ1) is 7.33.